The maximum absolute atomic E-state index is 5.88. The summed E-state index contributed by atoms with van der Waals surface area (Å²) in [6.45, 7) is 4.11. The van der Waals surface area contributed by atoms with Crippen LogP contribution in [0.1, 0.15) is 51.1 Å². The summed E-state index contributed by atoms with van der Waals surface area (Å²) in [5.74, 6) is 9.31. The van der Waals surface area contributed by atoms with E-state index in [1.807, 2.05) is 6.07 Å². The largest absolute Gasteiger partial charge is 0.491 e. The standard InChI is InChI=1S/C17H26N2O/c1-11(2)20-15-5-3-4-14(10-15)17(19-18)16-9-12-6-7-13(16)8-12/h3-5,10-13,16-17,19H,6-9,18H2,1-2H3. The zero-order valence-corrected chi connectivity index (χ0v) is 12.5. The second kappa shape index (κ2) is 5.74. The zero-order chi connectivity index (χ0) is 14.1. The summed E-state index contributed by atoms with van der Waals surface area (Å²) >= 11 is 0. The van der Waals surface area contributed by atoms with Gasteiger partial charge in [-0.05, 0) is 68.6 Å². The molecule has 3 rings (SSSR count). The number of nitrogens with two attached hydrogens (primary N) is 1. The fourth-order valence-electron chi connectivity index (χ4n) is 4.22. The smallest absolute Gasteiger partial charge is 0.120 e. The van der Waals surface area contributed by atoms with E-state index in [0.29, 0.717) is 5.92 Å². The van der Waals surface area contributed by atoms with Gasteiger partial charge in [-0.25, -0.2) is 0 Å². The molecule has 0 aromatic heterocycles. The number of hydrazine groups is 1. The third-order valence-corrected chi connectivity index (χ3v) is 4.99. The van der Waals surface area contributed by atoms with Gasteiger partial charge in [0, 0.05) is 6.04 Å². The first kappa shape index (κ1) is 13.9. The second-order valence-corrected chi connectivity index (χ2v) is 6.72. The number of nitrogens with one attached hydrogen (secondary N) is 1. The molecular formula is C17H26N2O. The molecule has 110 valence electrons. The van der Waals surface area contributed by atoms with E-state index < -0.39 is 0 Å². The molecular weight excluding hydrogens is 248 g/mol. The van der Waals surface area contributed by atoms with Crippen LogP contribution in [0.25, 0.3) is 0 Å². The van der Waals surface area contributed by atoms with Gasteiger partial charge in [0.1, 0.15) is 5.75 Å². The minimum Gasteiger partial charge on any atom is -0.491 e. The van der Waals surface area contributed by atoms with Crippen LogP contribution in [-0.4, -0.2) is 6.10 Å². The number of hydrogen-bond donors (Lipinski definition) is 2. The van der Waals surface area contributed by atoms with Gasteiger partial charge in [-0.3, -0.25) is 11.3 Å². The summed E-state index contributed by atoms with van der Waals surface area (Å²) in [6.07, 6.45) is 5.75. The van der Waals surface area contributed by atoms with Gasteiger partial charge in [0.15, 0.2) is 0 Å². The Kier molecular flexibility index (Phi) is 3.99. The number of fused-ring (bicyclic) bond motifs is 2. The molecule has 2 aliphatic rings. The molecule has 4 unspecified atom stereocenters. The van der Waals surface area contributed by atoms with E-state index in [9.17, 15) is 0 Å². The lowest BCUT2D eigenvalue weighted by Crippen LogP contribution is -2.35. The topological polar surface area (TPSA) is 47.3 Å². The molecule has 4 atom stereocenters. The van der Waals surface area contributed by atoms with Gasteiger partial charge in [-0.2, -0.15) is 0 Å². The highest BCUT2D eigenvalue weighted by molar-refractivity contribution is 5.31. The molecule has 2 aliphatic carbocycles. The number of hydrogen-bond acceptors (Lipinski definition) is 3. The molecule has 0 radical (unpaired) electrons. The fraction of sp³-hybridized carbons (Fsp3) is 0.647. The Labute approximate surface area is 121 Å². The Morgan fingerprint density at radius 2 is 2.10 bits per heavy atom. The van der Waals surface area contributed by atoms with Crippen LogP contribution in [0.2, 0.25) is 0 Å². The molecule has 1 aromatic carbocycles. The van der Waals surface area contributed by atoms with Crippen LogP contribution in [-0.2, 0) is 0 Å². The summed E-state index contributed by atoms with van der Waals surface area (Å²) in [5, 5.41) is 0. The van der Waals surface area contributed by atoms with Crippen LogP contribution in [0, 0.1) is 17.8 Å². The molecule has 1 aromatic rings. The minimum atomic E-state index is 0.206. The third-order valence-electron chi connectivity index (χ3n) is 4.99. The Hall–Kier alpha value is -1.06. The van der Waals surface area contributed by atoms with Crippen molar-refractivity contribution in [2.75, 3.05) is 0 Å². The van der Waals surface area contributed by atoms with E-state index in [4.69, 9.17) is 10.6 Å². The van der Waals surface area contributed by atoms with Crippen LogP contribution in [0.4, 0.5) is 0 Å². The first-order valence-electron chi connectivity index (χ1n) is 7.90. The summed E-state index contributed by atoms with van der Waals surface area (Å²) in [4.78, 5) is 0. The molecule has 0 saturated heterocycles. The van der Waals surface area contributed by atoms with Gasteiger partial charge in [-0.1, -0.05) is 18.6 Å². The molecule has 2 fully saturated rings. The lowest BCUT2D eigenvalue weighted by Gasteiger charge is -2.30. The van der Waals surface area contributed by atoms with Crippen molar-refractivity contribution in [2.45, 2.75) is 51.7 Å². The Balaban J connectivity index is 1.79. The number of benzene rings is 1. The molecule has 3 heteroatoms. The Morgan fingerprint density at radius 3 is 2.70 bits per heavy atom. The van der Waals surface area contributed by atoms with Crippen molar-refractivity contribution >= 4 is 0 Å². The highest BCUT2D eigenvalue weighted by Gasteiger charge is 2.43. The second-order valence-electron chi connectivity index (χ2n) is 6.72. The molecule has 0 aliphatic heterocycles. The van der Waals surface area contributed by atoms with Crippen molar-refractivity contribution in [1.29, 1.82) is 0 Å². The molecule has 20 heavy (non-hydrogen) atoms. The quantitative estimate of drug-likeness (QED) is 0.639. The highest BCUT2D eigenvalue weighted by atomic mass is 16.5. The number of ether oxygens (including phenoxy) is 1. The first-order valence-corrected chi connectivity index (χ1v) is 7.90. The fourth-order valence-corrected chi connectivity index (χ4v) is 4.22. The van der Waals surface area contributed by atoms with E-state index in [-0.39, 0.29) is 12.1 Å². The van der Waals surface area contributed by atoms with Gasteiger partial charge >= 0.3 is 0 Å². The Bertz CT molecular complexity index is 460. The van der Waals surface area contributed by atoms with Gasteiger partial charge < -0.3 is 4.74 Å². The van der Waals surface area contributed by atoms with Crippen molar-refractivity contribution in [3.05, 3.63) is 29.8 Å². The maximum Gasteiger partial charge on any atom is 0.120 e. The molecule has 0 heterocycles. The lowest BCUT2D eigenvalue weighted by atomic mass is 9.81. The molecule has 2 bridgehead atoms. The molecule has 3 N–H and O–H groups in total. The molecule has 3 nitrogen and oxygen atoms in total. The molecule has 0 spiro atoms. The third kappa shape index (κ3) is 2.70. The van der Waals surface area contributed by atoms with Crippen molar-refractivity contribution in [1.82, 2.24) is 5.43 Å². The van der Waals surface area contributed by atoms with E-state index in [1.54, 1.807) is 0 Å². The maximum atomic E-state index is 5.88. The lowest BCUT2D eigenvalue weighted by molar-refractivity contribution is 0.237. The summed E-state index contributed by atoms with van der Waals surface area (Å²) in [5.41, 5.74) is 4.34. The van der Waals surface area contributed by atoms with Crippen LogP contribution >= 0.6 is 0 Å². The predicted octanol–water partition coefficient (Wildman–Crippen LogP) is 3.41. The molecule has 2 saturated carbocycles. The van der Waals surface area contributed by atoms with Gasteiger partial charge in [0.25, 0.3) is 0 Å². The van der Waals surface area contributed by atoms with Crippen LogP contribution in [0.15, 0.2) is 24.3 Å². The summed E-state index contributed by atoms with van der Waals surface area (Å²) in [6, 6.07) is 8.68. The zero-order valence-electron chi connectivity index (χ0n) is 12.5. The minimum absolute atomic E-state index is 0.206. The monoisotopic (exact) mass is 274 g/mol. The van der Waals surface area contributed by atoms with Crippen LogP contribution in [0.3, 0.4) is 0 Å². The summed E-state index contributed by atoms with van der Waals surface area (Å²) < 4.78 is 5.81. The van der Waals surface area contributed by atoms with Crippen LogP contribution in [0.5, 0.6) is 5.75 Å². The van der Waals surface area contributed by atoms with Gasteiger partial charge in [-0.15, -0.1) is 0 Å². The normalized spacial score (nSPS) is 29.9. The SMILES string of the molecule is CC(C)Oc1cccc(C(NN)C2CC3CCC2C3)c1. The van der Waals surface area contributed by atoms with Gasteiger partial charge in [0.2, 0.25) is 0 Å². The highest BCUT2D eigenvalue weighted by Crippen LogP contribution is 2.52. The average Bonchev–Trinajstić information content (AvgIpc) is 3.02. The number of rotatable bonds is 5. The predicted molar refractivity (Wildman–Crippen MR) is 81.2 cm³/mol. The van der Waals surface area contributed by atoms with Crippen molar-refractivity contribution < 1.29 is 4.74 Å². The van der Waals surface area contributed by atoms with Crippen molar-refractivity contribution in [3.8, 4) is 5.75 Å². The van der Waals surface area contributed by atoms with E-state index >= 15 is 0 Å². The van der Waals surface area contributed by atoms with Crippen LogP contribution < -0.4 is 16.0 Å². The van der Waals surface area contributed by atoms with Gasteiger partial charge in [0.05, 0.1) is 6.10 Å². The first-order chi connectivity index (χ1) is 9.67. The van der Waals surface area contributed by atoms with E-state index in [2.05, 4.69) is 37.5 Å². The van der Waals surface area contributed by atoms with Crippen molar-refractivity contribution in [2.24, 2.45) is 23.6 Å². The summed E-state index contributed by atoms with van der Waals surface area (Å²) in [7, 11) is 0. The van der Waals surface area contributed by atoms with E-state index in [1.165, 1.54) is 31.2 Å². The van der Waals surface area contributed by atoms with Crippen molar-refractivity contribution in [3.63, 3.8) is 0 Å². The molecule has 0 amide bonds. The Morgan fingerprint density at radius 1 is 1.25 bits per heavy atom. The average molecular weight is 274 g/mol. The van der Waals surface area contributed by atoms with E-state index in [0.717, 1.165) is 17.6 Å².